The van der Waals surface area contributed by atoms with Crippen molar-refractivity contribution >= 4 is 5.69 Å². The summed E-state index contributed by atoms with van der Waals surface area (Å²) in [4.78, 5) is 2.33. The highest BCUT2D eigenvalue weighted by Crippen LogP contribution is 2.24. The minimum atomic E-state index is -0.221. The Hall–Kier alpha value is -1.06. The third kappa shape index (κ3) is 3.95. The Morgan fingerprint density at radius 3 is 2.68 bits per heavy atom. The monoisotopic (exact) mass is 262 g/mol. The normalized spacial score (nSPS) is 18.1. The lowest BCUT2D eigenvalue weighted by atomic mass is 10.0. The number of aliphatic hydroxyl groups is 1. The van der Waals surface area contributed by atoms with E-state index in [-0.39, 0.29) is 12.1 Å². The smallest absolute Gasteiger partial charge is 0.0628 e. The van der Waals surface area contributed by atoms with Crippen molar-refractivity contribution in [1.82, 2.24) is 5.32 Å². The lowest BCUT2D eigenvalue weighted by Crippen LogP contribution is -2.55. The van der Waals surface area contributed by atoms with E-state index in [2.05, 4.69) is 55.3 Å². The quantitative estimate of drug-likeness (QED) is 0.791. The topological polar surface area (TPSA) is 35.5 Å². The van der Waals surface area contributed by atoms with Gasteiger partial charge in [-0.1, -0.05) is 12.1 Å². The molecular weight excluding hydrogens is 236 g/mol. The molecule has 2 rings (SSSR count). The molecule has 3 heteroatoms. The second kappa shape index (κ2) is 5.93. The van der Waals surface area contributed by atoms with Gasteiger partial charge in [-0.05, 0) is 51.3 Å². The molecule has 1 aromatic carbocycles. The zero-order valence-electron chi connectivity index (χ0n) is 12.3. The summed E-state index contributed by atoms with van der Waals surface area (Å²) in [6.45, 7) is 8.35. The van der Waals surface area contributed by atoms with Crippen molar-refractivity contribution in [3.05, 3.63) is 29.8 Å². The van der Waals surface area contributed by atoms with E-state index in [1.165, 1.54) is 24.1 Å². The van der Waals surface area contributed by atoms with E-state index in [0.29, 0.717) is 6.04 Å². The van der Waals surface area contributed by atoms with Gasteiger partial charge in [-0.3, -0.25) is 0 Å². The third-order valence-electron chi connectivity index (χ3n) is 3.77. The highest BCUT2D eigenvalue weighted by molar-refractivity contribution is 5.48. The molecule has 1 atom stereocenters. The van der Waals surface area contributed by atoms with Crippen LogP contribution in [0.5, 0.6) is 0 Å². The minimum absolute atomic E-state index is 0.172. The highest BCUT2D eigenvalue weighted by Gasteiger charge is 2.33. The van der Waals surface area contributed by atoms with Crippen LogP contribution in [0.15, 0.2) is 24.3 Å². The Bertz CT molecular complexity index is 417. The summed E-state index contributed by atoms with van der Waals surface area (Å²) in [6, 6.07) is 9.17. The predicted molar refractivity (Wildman–Crippen MR) is 80.7 cm³/mol. The molecule has 0 aromatic heterocycles. The molecule has 1 unspecified atom stereocenters. The molecular formula is C16H26N2O. The number of likely N-dealkylation sites (N-methyl/N-ethyl adjacent to an activating group) is 1. The second-order valence-electron chi connectivity index (χ2n) is 5.99. The summed E-state index contributed by atoms with van der Waals surface area (Å²) >= 11 is 0. The minimum Gasteiger partial charge on any atom is -0.394 e. The summed E-state index contributed by atoms with van der Waals surface area (Å²) in [5, 5.41) is 13.3. The Morgan fingerprint density at radius 1 is 1.42 bits per heavy atom. The van der Waals surface area contributed by atoms with Gasteiger partial charge in [0.15, 0.2) is 0 Å². The molecule has 0 radical (unpaired) electrons. The van der Waals surface area contributed by atoms with Gasteiger partial charge in [0, 0.05) is 24.8 Å². The molecule has 1 fully saturated rings. The van der Waals surface area contributed by atoms with Crippen molar-refractivity contribution in [2.75, 3.05) is 24.6 Å². The first-order chi connectivity index (χ1) is 9.06. The van der Waals surface area contributed by atoms with E-state index in [1.54, 1.807) is 0 Å². The average Bonchev–Trinajstić information content (AvgIpc) is 3.20. The van der Waals surface area contributed by atoms with Crippen LogP contribution in [-0.4, -0.2) is 36.4 Å². The van der Waals surface area contributed by atoms with Gasteiger partial charge in [-0.2, -0.15) is 0 Å². The standard InChI is InChI=1S/C16H26N2O/c1-4-18(15-7-5-6-13(2)10-15)11-16(3,12-19)17-14-8-9-14/h5-7,10,14,17,19H,4,8-9,11-12H2,1-3H3. The Balaban J connectivity index is 2.08. The van der Waals surface area contributed by atoms with Crippen LogP contribution in [0.2, 0.25) is 0 Å². The van der Waals surface area contributed by atoms with Gasteiger partial charge in [-0.25, -0.2) is 0 Å². The molecule has 106 valence electrons. The molecule has 1 saturated carbocycles. The molecule has 3 nitrogen and oxygen atoms in total. The van der Waals surface area contributed by atoms with Gasteiger partial charge < -0.3 is 15.3 Å². The van der Waals surface area contributed by atoms with Gasteiger partial charge >= 0.3 is 0 Å². The van der Waals surface area contributed by atoms with Crippen LogP contribution >= 0.6 is 0 Å². The lowest BCUT2D eigenvalue weighted by molar-refractivity contribution is 0.176. The summed E-state index contributed by atoms with van der Waals surface area (Å²) in [7, 11) is 0. The first kappa shape index (κ1) is 14.4. The zero-order valence-corrected chi connectivity index (χ0v) is 12.3. The molecule has 0 spiro atoms. The molecule has 0 aliphatic heterocycles. The third-order valence-corrected chi connectivity index (χ3v) is 3.77. The van der Waals surface area contributed by atoms with Crippen molar-refractivity contribution in [2.45, 2.75) is 45.2 Å². The van der Waals surface area contributed by atoms with E-state index in [9.17, 15) is 5.11 Å². The molecule has 19 heavy (non-hydrogen) atoms. The predicted octanol–water partition coefficient (Wildman–Crippen LogP) is 2.32. The average molecular weight is 262 g/mol. The van der Waals surface area contributed by atoms with Gasteiger partial charge in [0.2, 0.25) is 0 Å². The summed E-state index contributed by atoms with van der Waals surface area (Å²) in [6.07, 6.45) is 2.48. The highest BCUT2D eigenvalue weighted by atomic mass is 16.3. The fraction of sp³-hybridized carbons (Fsp3) is 0.625. The number of hydrogen-bond acceptors (Lipinski definition) is 3. The number of benzene rings is 1. The fourth-order valence-electron chi connectivity index (χ4n) is 2.49. The van der Waals surface area contributed by atoms with E-state index < -0.39 is 0 Å². The summed E-state index contributed by atoms with van der Waals surface area (Å²) in [5.41, 5.74) is 2.29. The molecule has 2 N–H and O–H groups in total. The van der Waals surface area contributed by atoms with Crippen LogP contribution < -0.4 is 10.2 Å². The van der Waals surface area contributed by atoms with Crippen molar-refractivity contribution in [2.24, 2.45) is 0 Å². The lowest BCUT2D eigenvalue weighted by Gasteiger charge is -2.36. The first-order valence-electron chi connectivity index (χ1n) is 7.26. The zero-order chi connectivity index (χ0) is 13.9. The molecule has 0 amide bonds. The van der Waals surface area contributed by atoms with Crippen LogP contribution in [0.1, 0.15) is 32.3 Å². The van der Waals surface area contributed by atoms with Crippen molar-refractivity contribution in [1.29, 1.82) is 0 Å². The maximum atomic E-state index is 9.72. The van der Waals surface area contributed by atoms with Crippen LogP contribution in [0.3, 0.4) is 0 Å². The second-order valence-corrected chi connectivity index (χ2v) is 5.99. The van der Waals surface area contributed by atoms with E-state index in [4.69, 9.17) is 0 Å². The Morgan fingerprint density at radius 2 is 2.16 bits per heavy atom. The number of hydrogen-bond donors (Lipinski definition) is 2. The van der Waals surface area contributed by atoms with Crippen LogP contribution in [0.4, 0.5) is 5.69 Å². The molecule has 0 saturated heterocycles. The van der Waals surface area contributed by atoms with Crippen LogP contribution in [0, 0.1) is 6.92 Å². The van der Waals surface area contributed by atoms with E-state index in [1.807, 2.05) is 0 Å². The van der Waals surface area contributed by atoms with Gasteiger partial charge in [0.05, 0.1) is 12.1 Å². The molecule has 1 aliphatic carbocycles. The summed E-state index contributed by atoms with van der Waals surface area (Å²) < 4.78 is 0. The van der Waals surface area contributed by atoms with Crippen molar-refractivity contribution < 1.29 is 5.11 Å². The van der Waals surface area contributed by atoms with Crippen LogP contribution in [0.25, 0.3) is 0 Å². The SMILES string of the molecule is CCN(CC(C)(CO)NC1CC1)c1cccc(C)c1. The van der Waals surface area contributed by atoms with E-state index >= 15 is 0 Å². The molecule has 1 aromatic rings. The van der Waals surface area contributed by atoms with Gasteiger partial charge in [0.25, 0.3) is 0 Å². The number of aryl methyl sites for hydroxylation is 1. The van der Waals surface area contributed by atoms with Crippen LogP contribution in [-0.2, 0) is 0 Å². The maximum absolute atomic E-state index is 9.72. The summed E-state index contributed by atoms with van der Waals surface area (Å²) in [5.74, 6) is 0. The van der Waals surface area contributed by atoms with Gasteiger partial charge in [0.1, 0.15) is 0 Å². The van der Waals surface area contributed by atoms with Crippen molar-refractivity contribution in [3.8, 4) is 0 Å². The molecule has 0 heterocycles. The van der Waals surface area contributed by atoms with Crippen molar-refractivity contribution in [3.63, 3.8) is 0 Å². The Kier molecular flexibility index (Phi) is 4.48. The largest absolute Gasteiger partial charge is 0.394 e. The Labute approximate surface area is 116 Å². The first-order valence-corrected chi connectivity index (χ1v) is 7.26. The number of rotatable bonds is 7. The fourth-order valence-corrected chi connectivity index (χ4v) is 2.49. The van der Waals surface area contributed by atoms with E-state index in [0.717, 1.165) is 13.1 Å². The number of nitrogens with zero attached hydrogens (tertiary/aromatic N) is 1. The molecule has 1 aliphatic rings. The maximum Gasteiger partial charge on any atom is 0.0628 e. The molecule has 0 bridgehead atoms. The number of nitrogens with one attached hydrogen (secondary N) is 1. The number of anilines is 1. The van der Waals surface area contributed by atoms with Gasteiger partial charge in [-0.15, -0.1) is 0 Å². The number of aliphatic hydroxyl groups excluding tert-OH is 1.